The molecule has 2 aliphatic carbocycles. The second kappa shape index (κ2) is 14.5. The summed E-state index contributed by atoms with van der Waals surface area (Å²) in [6.07, 6.45) is 21.3. The molecular formula is C32H46FN. The highest BCUT2D eigenvalue weighted by molar-refractivity contribution is 5.26. The summed E-state index contributed by atoms with van der Waals surface area (Å²) in [4.78, 5) is 0. The predicted molar refractivity (Wildman–Crippen MR) is 142 cm³/mol. The van der Waals surface area contributed by atoms with Crippen molar-refractivity contribution in [2.45, 2.75) is 116 Å². The first kappa shape index (κ1) is 26.7. The number of aryl methyl sites for hydroxylation is 1. The van der Waals surface area contributed by atoms with Crippen LogP contribution in [0.4, 0.5) is 4.39 Å². The van der Waals surface area contributed by atoms with Crippen LogP contribution in [0.25, 0.3) is 0 Å². The molecule has 0 heterocycles. The lowest BCUT2D eigenvalue weighted by Gasteiger charge is -2.36. The average molecular weight is 464 g/mol. The van der Waals surface area contributed by atoms with E-state index in [0.29, 0.717) is 24.2 Å². The molecule has 0 bridgehead atoms. The highest BCUT2D eigenvalue weighted by Gasteiger charge is 2.29. The summed E-state index contributed by atoms with van der Waals surface area (Å²) in [5, 5.41) is 8.53. The van der Waals surface area contributed by atoms with E-state index in [1.165, 1.54) is 107 Å². The minimum atomic E-state index is -0.633. The van der Waals surface area contributed by atoms with E-state index in [-0.39, 0.29) is 0 Å². The SMILES string of the molecule is C=C(C1CCC(CCC=C(F)C#N)CC1)C1CCC(c2ccc(CCCCCCC)cc2)CC1. The molecule has 2 fully saturated rings. The summed E-state index contributed by atoms with van der Waals surface area (Å²) in [5.41, 5.74) is 4.57. The third-order valence-electron chi connectivity index (χ3n) is 8.65. The van der Waals surface area contributed by atoms with Crippen LogP contribution in [0.2, 0.25) is 0 Å². The molecule has 186 valence electrons. The minimum Gasteiger partial charge on any atom is -0.195 e. The normalized spacial score (nSPS) is 25.6. The summed E-state index contributed by atoms with van der Waals surface area (Å²) in [6.45, 7) is 6.86. The fraction of sp³-hybridized carbons (Fsp3) is 0.656. The fourth-order valence-electron chi connectivity index (χ4n) is 6.33. The van der Waals surface area contributed by atoms with Gasteiger partial charge in [0, 0.05) is 0 Å². The zero-order chi connectivity index (χ0) is 24.2. The number of unbranched alkanes of at least 4 members (excludes halogenated alkanes) is 4. The lowest BCUT2D eigenvalue weighted by Crippen LogP contribution is -2.22. The lowest BCUT2D eigenvalue weighted by molar-refractivity contribution is 0.260. The van der Waals surface area contributed by atoms with E-state index in [0.717, 1.165) is 12.3 Å². The van der Waals surface area contributed by atoms with Gasteiger partial charge in [-0.2, -0.15) is 9.65 Å². The molecule has 0 radical (unpaired) electrons. The fourth-order valence-corrected chi connectivity index (χ4v) is 6.33. The van der Waals surface area contributed by atoms with Gasteiger partial charge in [0.1, 0.15) is 6.07 Å². The number of benzene rings is 1. The van der Waals surface area contributed by atoms with E-state index in [4.69, 9.17) is 5.26 Å². The van der Waals surface area contributed by atoms with Gasteiger partial charge in [0.05, 0.1) is 0 Å². The summed E-state index contributed by atoms with van der Waals surface area (Å²) < 4.78 is 13.0. The van der Waals surface area contributed by atoms with E-state index in [2.05, 4.69) is 37.8 Å². The standard InChI is InChI=1S/C32H46FN/c1-3-4-5-6-7-9-26-14-18-30(19-15-26)31-22-20-29(21-23-31)25(2)28-16-12-27(13-17-28)10-8-11-32(33)24-34/h11,14-15,18-19,27-29,31H,2-10,12-13,16-17,20-23H2,1H3. The van der Waals surface area contributed by atoms with Crippen molar-refractivity contribution in [2.24, 2.45) is 17.8 Å². The molecular weight excluding hydrogens is 417 g/mol. The molecule has 2 heteroatoms. The highest BCUT2D eigenvalue weighted by Crippen LogP contribution is 2.44. The quantitative estimate of drug-likeness (QED) is 0.172. The molecule has 1 aromatic rings. The van der Waals surface area contributed by atoms with Crippen LogP contribution in [0.3, 0.4) is 0 Å². The molecule has 34 heavy (non-hydrogen) atoms. The third-order valence-corrected chi connectivity index (χ3v) is 8.65. The van der Waals surface area contributed by atoms with Crippen LogP contribution in [0.1, 0.15) is 120 Å². The van der Waals surface area contributed by atoms with Crippen LogP contribution in [-0.2, 0) is 6.42 Å². The van der Waals surface area contributed by atoms with E-state index >= 15 is 0 Å². The third kappa shape index (κ3) is 8.41. The molecule has 0 spiro atoms. The molecule has 0 unspecified atom stereocenters. The van der Waals surface area contributed by atoms with E-state index < -0.39 is 5.83 Å². The number of nitrogens with zero attached hydrogens (tertiary/aromatic N) is 1. The summed E-state index contributed by atoms with van der Waals surface area (Å²) >= 11 is 0. The maximum atomic E-state index is 13.0. The number of halogens is 1. The molecule has 0 aromatic heterocycles. The Morgan fingerprint density at radius 2 is 1.56 bits per heavy atom. The Morgan fingerprint density at radius 3 is 2.18 bits per heavy atom. The number of rotatable bonds is 12. The van der Waals surface area contributed by atoms with Crippen LogP contribution in [0.5, 0.6) is 0 Å². The van der Waals surface area contributed by atoms with Gasteiger partial charge in [0.15, 0.2) is 5.83 Å². The van der Waals surface area contributed by atoms with Crippen molar-refractivity contribution in [1.82, 2.24) is 0 Å². The molecule has 0 saturated heterocycles. The number of hydrogen-bond acceptors (Lipinski definition) is 1. The Morgan fingerprint density at radius 1 is 0.941 bits per heavy atom. The topological polar surface area (TPSA) is 23.8 Å². The Hall–Kier alpha value is -1.88. The Labute approximate surface area is 208 Å². The number of allylic oxidation sites excluding steroid dienone is 3. The van der Waals surface area contributed by atoms with Crippen molar-refractivity contribution >= 4 is 0 Å². The van der Waals surface area contributed by atoms with Gasteiger partial charge in [-0.15, -0.1) is 0 Å². The zero-order valence-corrected chi connectivity index (χ0v) is 21.5. The zero-order valence-electron chi connectivity index (χ0n) is 21.5. The smallest absolute Gasteiger partial charge is 0.195 e. The Bertz CT molecular complexity index is 798. The maximum absolute atomic E-state index is 13.0. The van der Waals surface area contributed by atoms with E-state index in [1.54, 1.807) is 11.6 Å². The lowest BCUT2D eigenvalue weighted by atomic mass is 9.69. The molecule has 3 rings (SSSR count). The van der Waals surface area contributed by atoms with Gasteiger partial charge in [-0.3, -0.25) is 0 Å². The van der Waals surface area contributed by atoms with Crippen molar-refractivity contribution in [3.63, 3.8) is 0 Å². The van der Waals surface area contributed by atoms with Crippen LogP contribution in [0, 0.1) is 29.1 Å². The molecule has 0 atom stereocenters. The van der Waals surface area contributed by atoms with Crippen molar-refractivity contribution < 1.29 is 4.39 Å². The van der Waals surface area contributed by atoms with Gasteiger partial charge < -0.3 is 0 Å². The summed E-state index contributed by atoms with van der Waals surface area (Å²) in [7, 11) is 0. The largest absolute Gasteiger partial charge is 0.196 e. The molecule has 0 aliphatic heterocycles. The summed E-state index contributed by atoms with van der Waals surface area (Å²) in [6, 6.07) is 11.1. The minimum absolute atomic E-state index is 0.633. The van der Waals surface area contributed by atoms with Crippen LogP contribution < -0.4 is 0 Å². The predicted octanol–water partition coefficient (Wildman–Crippen LogP) is 9.99. The first-order valence-corrected chi connectivity index (χ1v) is 14.1. The number of hydrogen-bond donors (Lipinski definition) is 0. The average Bonchev–Trinajstić information content (AvgIpc) is 2.89. The first-order chi connectivity index (χ1) is 16.6. The van der Waals surface area contributed by atoms with E-state index in [9.17, 15) is 4.39 Å². The van der Waals surface area contributed by atoms with Gasteiger partial charge in [-0.1, -0.05) is 69.0 Å². The Kier molecular flexibility index (Phi) is 11.4. The maximum Gasteiger partial charge on any atom is 0.196 e. The van der Waals surface area contributed by atoms with Gasteiger partial charge >= 0.3 is 0 Å². The molecule has 1 aromatic carbocycles. The van der Waals surface area contributed by atoms with Gasteiger partial charge in [0.25, 0.3) is 0 Å². The van der Waals surface area contributed by atoms with Crippen LogP contribution >= 0.6 is 0 Å². The van der Waals surface area contributed by atoms with Gasteiger partial charge in [0.2, 0.25) is 0 Å². The molecule has 0 N–H and O–H groups in total. The van der Waals surface area contributed by atoms with Gasteiger partial charge in [-0.25, -0.2) is 0 Å². The first-order valence-electron chi connectivity index (χ1n) is 14.1. The van der Waals surface area contributed by atoms with E-state index in [1.807, 2.05) is 0 Å². The van der Waals surface area contributed by atoms with Crippen molar-refractivity contribution in [1.29, 1.82) is 5.26 Å². The second-order valence-electron chi connectivity index (χ2n) is 11.0. The number of nitriles is 1. The summed E-state index contributed by atoms with van der Waals surface area (Å²) in [5.74, 6) is 2.15. The van der Waals surface area contributed by atoms with Crippen molar-refractivity contribution in [3.8, 4) is 6.07 Å². The highest BCUT2D eigenvalue weighted by atomic mass is 19.1. The van der Waals surface area contributed by atoms with Crippen molar-refractivity contribution in [3.05, 3.63) is 59.4 Å². The Balaban J connectivity index is 1.36. The monoisotopic (exact) mass is 463 g/mol. The molecule has 0 amide bonds. The van der Waals surface area contributed by atoms with Crippen LogP contribution in [-0.4, -0.2) is 0 Å². The van der Waals surface area contributed by atoms with Crippen LogP contribution in [0.15, 0.2) is 48.3 Å². The second-order valence-corrected chi connectivity index (χ2v) is 11.0. The van der Waals surface area contributed by atoms with Crippen molar-refractivity contribution in [2.75, 3.05) is 0 Å². The molecule has 2 saturated carbocycles. The van der Waals surface area contributed by atoms with Gasteiger partial charge in [-0.05, 0) is 118 Å². The molecule has 2 aliphatic rings. The molecule has 1 nitrogen and oxygen atoms in total.